The Morgan fingerprint density at radius 1 is 1.33 bits per heavy atom. The Balaban J connectivity index is 2.83. The molecule has 86 valence electrons. The third-order valence-corrected chi connectivity index (χ3v) is 3.66. The first-order chi connectivity index (χ1) is 7.06. The molecule has 1 atom stereocenters. The number of rotatable bonds is 5. The van der Waals surface area contributed by atoms with Gasteiger partial charge in [0.15, 0.2) is 0 Å². The maximum atomic E-state index is 4.50. The smallest absolute Gasteiger partial charge is 0.0900 e. The molecular formula is C12H22N2S. The minimum Gasteiger partial charge on any atom is -0.309 e. The van der Waals surface area contributed by atoms with Gasteiger partial charge >= 0.3 is 0 Å². The van der Waals surface area contributed by atoms with Gasteiger partial charge in [0.25, 0.3) is 0 Å². The Bertz CT molecular complexity index is 305. The van der Waals surface area contributed by atoms with E-state index in [1.165, 1.54) is 22.0 Å². The molecule has 1 unspecified atom stereocenters. The van der Waals surface area contributed by atoms with Crippen molar-refractivity contribution >= 4 is 11.3 Å². The van der Waals surface area contributed by atoms with Crippen molar-refractivity contribution in [1.82, 2.24) is 10.3 Å². The lowest BCUT2D eigenvalue weighted by Gasteiger charge is -2.21. The van der Waals surface area contributed by atoms with Crippen LogP contribution in [-0.4, -0.2) is 11.5 Å². The van der Waals surface area contributed by atoms with E-state index in [9.17, 15) is 0 Å². The summed E-state index contributed by atoms with van der Waals surface area (Å²) in [5.41, 5.74) is 1.19. The highest BCUT2D eigenvalue weighted by Crippen LogP contribution is 2.29. The molecule has 0 saturated heterocycles. The molecule has 0 amide bonds. The van der Waals surface area contributed by atoms with Gasteiger partial charge in [-0.15, -0.1) is 11.3 Å². The number of hydrogen-bond donors (Lipinski definition) is 1. The molecule has 0 bridgehead atoms. The van der Waals surface area contributed by atoms with E-state index in [1.54, 1.807) is 0 Å². The van der Waals surface area contributed by atoms with E-state index in [-0.39, 0.29) is 0 Å². The SMILES string of the molecule is CCCNC(c1sc(C)nc1C)C(C)C. The molecule has 0 aliphatic heterocycles. The van der Waals surface area contributed by atoms with E-state index in [0.29, 0.717) is 12.0 Å². The molecular weight excluding hydrogens is 204 g/mol. The normalized spacial score (nSPS) is 13.5. The number of hydrogen-bond acceptors (Lipinski definition) is 3. The van der Waals surface area contributed by atoms with Gasteiger partial charge in [0.05, 0.1) is 10.7 Å². The average molecular weight is 226 g/mol. The van der Waals surface area contributed by atoms with Crippen molar-refractivity contribution in [2.24, 2.45) is 5.92 Å². The highest BCUT2D eigenvalue weighted by molar-refractivity contribution is 7.11. The maximum absolute atomic E-state index is 4.50. The summed E-state index contributed by atoms with van der Waals surface area (Å²) in [6.07, 6.45) is 1.18. The molecule has 0 radical (unpaired) electrons. The van der Waals surface area contributed by atoms with Crippen molar-refractivity contribution in [1.29, 1.82) is 0 Å². The predicted molar refractivity (Wildman–Crippen MR) is 67.5 cm³/mol. The Labute approximate surface area is 97.1 Å². The van der Waals surface area contributed by atoms with Crippen LogP contribution in [0.25, 0.3) is 0 Å². The van der Waals surface area contributed by atoms with Crippen LogP contribution in [0.3, 0.4) is 0 Å². The molecule has 1 aromatic rings. The van der Waals surface area contributed by atoms with Gasteiger partial charge in [0.2, 0.25) is 0 Å². The zero-order chi connectivity index (χ0) is 11.4. The lowest BCUT2D eigenvalue weighted by molar-refractivity contribution is 0.416. The third-order valence-electron chi connectivity index (χ3n) is 2.50. The highest BCUT2D eigenvalue weighted by atomic mass is 32.1. The van der Waals surface area contributed by atoms with Crippen LogP contribution in [-0.2, 0) is 0 Å². The summed E-state index contributed by atoms with van der Waals surface area (Å²) in [5, 5.41) is 4.78. The minimum absolute atomic E-state index is 0.469. The number of aryl methyl sites for hydroxylation is 2. The maximum Gasteiger partial charge on any atom is 0.0900 e. The molecule has 3 heteroatoms. The first-order valence-corrected chi connectivity index (χ1v) is 6.55. The lowest BCUT2D eigenvalue weighted by atomic mass is 10.0. The fourth-order valence-corrected chi connectivity index (χ4v) is 2.94. The Morgan fingerprint density at radius 3 is 2.40 bits per heavy atom. The summed E-state index contributed by atoms with van der Waals surface area (Å²) in [7, 11) is 0. The van der Waals surface area contributed by atoms with Gasteiger partial charge in [-0.2, -0.15) is 0 Å². The van der Waals surface area contributed by atoms with E-state index in [1.807, 2.05) is 11.3 Å². The second kappa shape index (κ2) is 5.61. The number of thiazole rings is 1. The Morgan fingerprint density at radius 2 is 2.00 bits per heavy atom. The molecule has 1 rings (SSSR count). The molecule has 1 heterocycles. The summed E-state index contributed by atoms with van der Waals surface area (Å²) >= 11 is 1.83. The van der Waals surface area contributed by atoms with Crippen LogP contribution < -0.4 is 5.32 Å². The molecule has 1 N–H and O–H groups in total. The van der Waals surface area contributed by atoms with Gasteiger partial charge in [-0.3, -0.25) is 0 Å². The van der Waals surface area contributed by atoms with Crippen LogP contribution in [0.2, 0.25) is 0 Å². The van der Waals surface area contributed by atoms with Gasteiger partial charge in [0, 0.05) is 10.9 Å². The molecule has 0 fully saturated rings. The van der Waals surface area contributed by atoms with Crippen LogP contribution in [0.1, 0.15) is 48.8 Å². The number of aromatic nitrogens is 1. The summed E-state index contributed by atoms with van der Waals surface area (Å²) < 4.78 is 0. The fourth-order valence-electron chi connectivity index (χ4n) is 1.77. The van der Waals surface area contributed by atoms with Crippen LogP contribution >= 0.6 is 11.3 Å². The quantitative estimate of drug-likeness (QED) is 0.831. The molecule has 0 aromatic carbocycles. The third kappa shape index (κ3) is 3.28. The predicted octanol–water partition coefficient (Wildman–Crippen LogP) is 3.46. The average Bonchev–Trinajstić information content (AvgIpc) is 2.46. The van der Waals surface area contributed by atoms with Crippen molar-refractivity contribution in [3.63, 3.8) is 0 Å². The summed E-state index contributed by atoms with van der Waals surface area (Å²) in [4.78, 5) is 5.91. The largest absolute Gasteiger partial charge is 0.309 e. The van der Waals surface area contributed by atoms with Crippen molar-refractivity contribution < 1.29 is 0 Å². The van der Waals surface area contributed by atoms with Crippen LogP contribution in [0.4, 0.5) is 0 Å². The number of nitrogens with zero attached hydrogens (tertiary/aromatic N) is 1. The van der Waals surface area contributed by atoms with Crippen molar-refractivity contribution in [2.45, 2.75) is 47.1 Å². The minimum atomic E-state index is 0.469. The van der Waals surface area contributed by atoms with Crippen molar-refractivity contribution in [3.8, 4) is 0 Å². The monoisotopic (exact) mass is 226 g/mol. The second-order valence-corrected chi connectivity index (χ2v) is 5.59. The van der Waals surface area contributed by atoms with Crippen molar-refractivity contribution in [2.75, 3.05) is 6.54 Å². The fraction of sp³-hybridized carbons (Fsp3) is 0.750. The van der Waals surface area contributed by atoms with Gasteiger partial charge in [-0.1, -0.05) is 20.8 Å². The Hall–Kier alpha value is -0.410. The topological polar surface area (TPSA) is 24.9 Å². The van der Waals surface area contributed by atoms with E-state index < -0.39 is 0 Å². The molecule has 1 aromatic heterocycles. The van der Waals surface area contributed by atoms with Crippen LogP contribution in [0.15, 0.2) is 0 Å². The van der Waals surface area contributed by atoms with Crippen LogP contribution in [0, 0.1) is 19.8 Å². The van der Waals surface area contributed by atoms with Gasteiger partial charge in [-0.05, 0) is 32.7 Å². The summed E-state index contributed by atoms with van der Waals surface area (Å²) in [6, 6.07) is 0.469. The van der Waals surface area contributed by atoms with Gasteiger partial charge in [-0.25, -0.2) is 4.98 Å². The van der Waals surface area contributed by atoms with E-state index in [4.69, 9.17) is 0 Å². The first-order valence-electron chi connectivity index (χ1n) is 5.73. The summed E-state index contributed by atoms with van der Waals surface area (Å²) in [6.45, 7) is 12.0. The highest BCUT2D eigenvalue weighted by Gasteiger charge is 2.19. The molecule has 15 heavy (non-hydrogen) atoms. The van der Waals surface area contributed by atoms with E-state index in [0.717, 1.165) is 6.54 Å². The zero-order valence-corrected chi connectivity index (χ0v) is 11.2. The molecule has 0 saturated carbocycles. The van der Waals surface area contributed by atoms with Gasteiger partial charge in [0.1, 0.15) is 0 Å². The standard InChI is InChI=1S/C12H22N2S/c1-6-7-13-11(8(2)3)12-9(4)14-10(5)15-12/h8,11,13H,6-7H2,1-5H3. The van der Waals surface area contributed by atoms with E-state index >= 15 is 0 Å². The number of nitrogens with one attached hydrogen (secondary N) is 1. The Kier molecular flexibility index (Phi) is 4.74. The molecule has 2 nitrogen and oxygen atoms in total. The second-order valence-electron chi connectivity index (χ2n) is 4.36. The zero-order valence-electron chi connectivity index (χ0n) is 10.4. The lowest BCUT2D eigenvalue weighted by Crippen LogP contribution is -2.26. The molecule has 0 spiro atoms. The van der Waals surface area contributed by atoms with E-state index in [2.05, 4.69) is 44.9 Å². The van der Waals surface area contributed by atoms with Gasteiger partial charge < -0.3 is 5.32 Å². The van der Waals surface area contributed by atoms with Crippen LogP contribution in [0.5, 0.6) is 0 Å². The molecule has 0 aliphatic carbocycles. The first kappa shape index (κ1) is 12.7. The molecule has 0 aliphatic rings. The summed E-state index contributed by atoms with van der Waals surface area (Å²) in [5.74, 6) is 0.620. The van der Waals surface area contributed by atoms with Crippen molar-refractivity contribution in [3.05, 3.63) is 15.6 Å².